The summed E-state index contributed by atoms with van der Waals surface area (Å²) >= 11 is 0. The Morgan fingerprint density at radius 3 is 2.60 bits per heavy atom. The summed E-state index contributed by atoms with van der Waals surface area (Å²) in [5.74, 6) is 1.44. The van der Waals surface area contributed by atoms with E-state index in [0.29, 0.717) is 26.1 Å². The molecule has 112 valence electrons. The van der Waals surface area contributed by atoms with E-state index in [4.69, 9.17) is 14.2 Å². The first-order chi connectivity index (χ1) is 9.60. The van der Waals surface area contributed by atoms with Crippen LogP contribution in [0.5, 0.6) is 11.5 Å². The third kappa shape index (κ3) is 5.09. The van der Waals surface area contributed by atoms with Crippen molar-refractivity contribution >= 4 is 5.97 Å². The molecule has 1 aromatic carbocycles. The standard InChI is InChI=1S/C15H23NO4/c1-5-20-15(17)8-9-16(2)11-12-10-13(18-3)6-7-14(12)19-4/h6-7,10H,5,8-9,11H2,1-4H3. The lowest BCUT2D eigenvalue weighted by molar-refractivity contribution is -0.143. The fourth-order valence-corrected chi connectivity index (χ4v) is 1.89. The van der Waals surface area contributed by atoms with Gasteiger partial charge in [0.15, 0.2) is 0 Å². The third-order valence-electron chi connectivity index (χ3n) is 2.93. The second-order valence-corrected chi connectivity index (χ2v) is 4.47. The third-order valence-corrected chi connectivity index (χ3v) is 2.93. The minimum Gasteiger partial charge on any atom is -0.497 e. The van der Waals surface area contributed by atoms with Gasteiger partial charge in [-0.2, -0.15) is 0 Å². The molecule has 0 aliphatic heterocycles. The molecular formula is C15H23NO4. The fraction of sp³-hybridized carbons (Fsp3) is 0.533. The maximum absolute atomic E-state index is 11.3. The fourth-order valence-electron chi connectivity index (χ4n) is 1.89. The highest BCUT2D eigenvalue weighted by molar-refractivity contribution is 5.69. The molecule has 0 aliphatic carbocycles. The normalized spacial score (nSPS) is 10.4. The summed E-state index contributed by atoms with van der Waals surface area (Å²) in [6.45, 7) is 3.55. The Morgan fingerprint density at radius 2 is 2.00 bits per heavy atom. The minimum absolute atomic E-state index is 0.169. The highest BCUT2D eigenvalue weighted by atomic mass is 16.5. The van der Waals surface area contributed by atoms with E-state index in [-0.39, 0.29) is 5.97 Å². The maximum Gasteiger partial charge on any atom is 0.307 e. The molecule has 0 saturated heterocycles. The van der Waals surface area contributed by atoms with E-state index in [0.717, 1.165) is 17.1 Å². The SMILES string of the molecule is CCOC(=O)CCN(C)Cc1cc(OC)ccc1OC. The number of benzene rings is 1. The van der Waals surface area contributed by atoms with Crippen molar-refractivity contribution < 1.29 is 19.0 Å². The van der Waals surface area contributed by atoms with Crippen LogP contribution < -0.4 is 9.47 Å². The van der Waals surface area contributed by atoms with Gasteiger partial charge in [0.1, 0.15) is 11.5 Å². The monoisotopic (exact) mass is 281 g/mol. The average molecular weight is 281 g/mol. The molecule has 0 N–H and O–H groups in total. The predicted molar refractivity (Wildman–Crippen MR) is 77.1 cm³/mol. The van der Waals surface area contributed by atoms with Crippen LogP contribution in [0.4, 0.5) is 0 Å². The number of hydrogen-bond donors (Lipinski definition) is 0. The number of nitrogens with zero attached hydrogens (tertiary/aromatic N) is 1. The van der Waals surface area contributed by atoms with Crippen LogP contribution in [0.25, 0.3) is 0 Å². The van der Waals surface area contributed by atoms with Crippen LogP contribution in [-0.4, -0.2) is 45.3 Å². The van der Waals surface area contributed by atoms with E-state index in [1.807, 2.05) is 37.1 Å². The molecule has 0 spiro atoms. The van der Waals surface area contributed by atoms with Crippen molar-refractivity contribution in [1.29, 1.82) is 0 Å². The summed E-state index contributed by atoms with van der Waals surface area (Å²) in [5, 5.41) is 0. The van der Waals surface area contributed by atoms with Gasteiger partial charge < -0.3 is 19.1 Å². The highest BCUT2D eigenvalue weighted by Gasteiger charge is 2.10. The minimum atomic E-state index is -0.169. The molecule has 0 bridgehead atoms. The Hall–Kier alpha value is -1.75. The summed E-state index contributed by atoms with van der Waals surface area (Å²) < 4.78 is 15.5. The lowest BCUT2D eigenvalue weighted by Gasteiger charge is -2.18. The molecule has 0 fully saturated rings. The number of carbonyl (C=O) groups is 1. The zero-order valence-corrected chi connectivity index (χ0v) is 12.6. The number of carbonyl (C=O) groups excluding carboxylic acids is 1. The van der Waals surface area contributed by atoms with E-state index < -0.39 is 0 Å². The van der Waals surface area contributed by atoms with Gasteiger partial charge in [0.05, 0.1) is 27.2 Å². The van der Waals surface area contributed by atoms with Crippen molar-refractivity contribution in [2.45, 2.75) is 19.9 Å². The van der Waals surface area contributed by atoms with E-state index in [1.165, 1.54) is 0 Å². The van der Waals surface area contributed by atoms with Crippen LogP contribution in [0.2, 0.25) is 0 Å². The molecule has 0 heterocycles. The molecule has 0 unspecified atom stereocenters. The maximum atomic E-state index is 11.3. The van der Waals surface area contributed by atoms with E-state index in [9.17, 15) is 4.79 Å². The second kappa shape index (κ2) is 8.43. The van der Waals surface area contributed by atoms with Crippen molar-refractivity contribution in [3.8, 4) is 11.5 Å². The van der Waals surface area contributed by atoms with E-state index in [1.54, 1.807) is 14.2 Å². The molecule has 0 aromatic heterocycles. The van der Waals surface area contributed by atoms with Gasteiger partial charge in [-0.25, -0.2) is 0 Å². The van der Waals surface area contributed by atoms with Crippen LogP contribution in [0.15, 0.2) is 18.2 Å². The first-order valence-corrected chi connectivity index (χ1v) is 6.65. The van der Waals surface area contributed by atoms with Crippen molar-refractivity contribution in [2.24, 2.45) is 0 Å². The Labute approximate surface area is 120 Å². The summed E-state index contributed by atoms with van der Waals surface area (Å²) in [7, 11) is 5.23. The van der Waals surface area contributed by atoms with Gasteiger partial charge in [0, 0.05) is 18.7 Å². The molecule has 20 heavy (non-hydrogen) atoms. The molecule has 0 atom stereocenters. The van der Waals surface area contributed by atoms with E-state index in [2.05, 4.69) is 0 Å². The first kappa shape index (κ1) is 16.3. The molecule has 0 radical (unpaired) electrons. The zero-order chi connectivity index (χ0) is 15.0. The Kier molecular flexibility index (Phi) is 6.87. The lowest BCUT2D eigenvalue weighted by atomic mass is 10.1. The van der Waals surface area contributed by atoms with Crippen molar-refractivity contribution in [3.05, 3.63) is 23.8 Å². The largest absolute Gasteiger partial charge is 0.497 e. The molecule has 0 aliphatic rings. The number of hydrogen-bond acceptors (Lipinski definition) is 5. The molecule has 1 rings (SSSR count). The van der Waals surface area contributed by atoms with Crippen LogP contribution in [0.3, 0.4) is 0 Å². The van der Waals surface area contributed by atoms with Crippen LogP contribution >= 0.6 is 0 Å². The highest BCUT2D eigenvalue weighted by Crippen LogP contribution is 2.24. The molecule has 5 nitrogen and oxygen atoms in total. The van der Waals surface area contributed by atoms with Gasteiger partial charge in [-0.3, -0.25) is 4.79 Å². The molecule has 5 heteroatoms. The number of ether oxygens (including phenoxy) is 3. The molecule has 0 amide bonds. The first-order valence-electron chi connectivity index (χ1n) is 6.65. The number of esters is 1. The Bertz CT molecular complexity index is 434. The van der Waals surface area contributed by atoms with Crippen LogP contribution in [0.1, 0.15) is 18.9 Å². The van der Waals surface area contributed by atoms with Crippen LogP contribution in [-0.2, 0) is 16.1 Å². The van der Waals surface area contributed by atoms with Gasteiger partial charge in [0.25, 0.3) is 0 Å². The molecule has 1 aromatic rings. The van der Waals surface area contributed by atoms with E-state index >= 15 is 0 Å². The van der Waals surface area contributed by atoms with Gasteiger partial charge >= 0.3 is 5.97 Å². The van der Waals surface area contributed by atoms with Crippen molar-refractivity contribution in [2.75, 3.05) is 34.4 Å². The summed E-state index contributed by atoms with van der Waals surface area (Å²) in [6, 6.07) is 5.69. The molecular weight excluding hydrogens is 258 g/mol. The van der Waals surface area contributed by atoms with Crippen molar-refractivity contribution in [1.82, 2.24) is 4.90 Å². The topological polar surface area (TPSA) is 48.0 Å². The summed E-state index contributed by atoms with van der Waals surface area (Å²) in [4.78, 5) is 13.4. The Balaban J connectivity index is 2.60. The van der Waals surface area contributed by atoms with Gasteiger partial charge in [-0.15, -0.1) is 0 Å². The summed E-state index contributed by atoms with van der Waals surface area (Å²) in [6.07, 6.45) is 0.386. The quantitative estimate of drug-likeness (QED) is 0.683. The van der Waals surface area contributed by atoms with Gasteiger partial charge in [-0.05, 0) is 32.2 Å². The zero-order valence-electron chi connectivity index (χ0n) is 12.6. The van der Waals surface area contributed by atoms with Gasteiger partial charge in [0.2, 0.25) is 0 Å². The smallest absolute Gasteiger partial charge is 0.307 e. The number of rotatable bonds is 8. The Morgan fingerprint density at radius 1 is 1.25 bits per heavy atom. The van der Waals surface area contributed by atoms with Crippen molar-refractivity contribution in [3.63, 3.8) is 0 Å². The number of methoxy groups -OCH3 is 2. The molecule has 0 saturated carbocycles. The lowest BCUT2D eigenvalue weighted by Crippen LogP contribution is -2.22. The summed E-state index contributed by atoms with van der Waals surface area (Å²) in [5.41, 5.74) is 1.03. The average Bonchev–Trinajstić information content (AvgIpc) is 2.45. The second-order valence-electron chi connectivity index (χ2n) is 4.47. The van der Waals surface area contributed by atoms with Gasteiger partial charge in [-0.1, -0.05) is 0 Å². The predicted octanol–water partition coefficient (Wildman–Crippen LogP) is 2.09. The van der Waals surface area contributed by atoms with Crippen LogP contribution in [0, 0.1) is 0 Å².